The maximum absolute atomic E-state index is 12.1. The van der Waals surface area contributed by atoms with Crippen molar-refractivity contribution in [3.63, 3.8) is 0 Å². The zero-order chi connectivity index (χ0) is 14.4. The van der Waals surface area contributed by atoms with Crippen LogP contribution in [0, 0.1) is 31.1 Å². The Kier molecular flexibility index (Phi) is 3.08. The Morgan fingerprint density at radius 1 is 1.26 bits per heavy atom. The fourth-order valence-electron chi connectivity index (χ4n) is 2.70. The number of nitrogens with zero attached hydrogens (tertiary/aromatic N) is 1. The third kappa shape index (κ3) is 2.45. The molecule has 0 aliphatic heterocycles. The molecule has 2 rings (SSSR count). The normalized spacial score (nSPS) is 23.8. The van der Waals surface area contributed by atoms with Gasteiger partial charge in [-0.25, -0.2) is 4.98 Å². The lowest BCUT2D eigenvalue weighted by molar-refractivity contribution is -0.140. The predicted molar refractivity (Wildman–Crippen MR) is 70.7 cm³/mol. The smallest absolute Gasteiger partial charge is 0.307 e. The van der Waals surface area contributed by atoms with Crippen LogP contribution in [0.5, 0.6) is 0 Å². The third-order valence-electron chi connectivity index (χ3n) is 3.72. The molecular formula is C14H18N2O3. The van der Waals surface area contributed by atoms with Crippen molar-refractivity contribution in [3.05, 3.63) is 23.4 Å². The molecule has 1 aromatic heterocycles. The van der Waals surface area contributed by atoms with Gasteiger partial charge in [0.15, 0.2) is 0 Å². The molecule has 5 nitrogen and oxygen atoms in total. The van der Waals surface area contributed by atoms with Crippen LogP contribution in [0.15, 0.2) is 12.1 Å². The molecule has 0 unspecified atom stereocenters. The van der Waals surface area contributed by atoms with Crippen molar-refractivity contribution in [1.29, 1.82) is 0 Å². The molecule has 0 bridgehead atoms. The second-order valence-corrected chi connectivity index (χ2v) is 5.78. The number of aryl methyl sites for hydroxylation is 2. The molecule has 0 spiro atoms. The van der Waals surface area contributed by atoms with Crippen LogP contribution in [0.4, 0.5) is 5.82 Å². The van der Waals surface area contributed by atoms with E-state index in [0.29, 0.717) is 5.82 Å². The zero-order valence-electron chi connectivity index (χ0n) is 11.5. The van der Waals surface area contributed by atoms with Gasteiger partial charge in [0, 0.05) is 5.69 Å². The zero-order valence-corrected chi connectivity index (χ0v) is 11.5. The van der Waals surface area contributed by atoms with Gasteiger partial charge in [0.2, 0.25) is 5.91 Å². The summed E-state index contributed by atoms with van der Waals surface area (Å²) < 4.78 is 0. The minimum atomic E-state index is -0.918. The summed E-state index contributed by atoms with van der Waals surface area (Å²) in [5.41, 5.74) is 1.34. The van der Waals surface area contributed by atoms with Crippen molar-refractivity contribution in [1.82, 2.24) is 4.98 Å². The maximum Gasteiger partial charge on any atom is 0.307 e. The van der Waals surface area contributed by atoms with E-state index in [1.54, 1.807) is 19.9 Å². The molecular weight excluding hydrogens is 244 g/mol. The van der Waals surface area contributed by atoms with Crippen molar-refractivity contribution >= 4 is 17.7 Å². The fraction of sp³-hybridized carbons (Fsp3) is 0.500. The summed E-state index contributed by atoms with van der Waals surface area (Å²) in [7, 11) is 0. The Morgan fingerprint density at radius 3 is 2.37 bits per heavy atom. The summed E-state index contributed by atoms with van der Waals surface area (Å²) in [5.74, 6) is -1.81. The van der Waals surface area contributed by atoms with Crippen molar-refractivity contribution in [2.45, 2.75) is 27.7 Å². The molecule has 1 aliphatic rings. The summed E-state index contributed by atoms with van der Waals surface area (Å²) in [5, 5.41) is 11.8. The molecule has 1 fully saturated rings. The molecule has 0 saturated heterocycles. The number of aliphatic carboxylic acids is 1. The van der Waals surface area contributed by atoms with Crippen LogP contribution in [0.1, 0.15) is 25.1 Å². The van der Waals surface area contributed by atoms with E-state index in [0.717, 1.165) is 11.3 Å². The quantitative estimate of drug-likeness (QED) is 0.873. The van der Waals surface area contributed by atoms with E-state index in [-0.39, 0.29) is 5.91 Å². The standard InChI is InChI=1S/C14H18N2O3/c1-7-5-8(2)15-9(6-7)16-12(17)10-11(13(18)19)14(10,3)4/h5-6,10-11H,1-4H3,(H,18,19)(H,15,16,17)/t10-,11+/m1/s1. The predicted octanol–water partition coefficient (Wildman–Crippen LogP) is 1.99. The van der Waals surface area contributed by atoms with Gasteiger partial charge in [0.05, 0.1) is 11.8 Å². The second-order valence-electron chi connectivity index (χ2n) is 5.78. The lowest BCUT2D eigenvalue weighted by Crippen LogP contribution is -2.18. The minimum Gasteiger partial charge on any atom is -0.481 e. The molecule has 0 aromatic carbocycles. The van der Waals surface area contributed by atoms with Crippen LogP contribution in [-0.4, -0.2) is 22.0 Å². The first-order valence-electron chi connectivity index (χ1n) is 6.22. The van der Waals surface area contributed by atoms with E-state index in [1.807, 2.05) is 19.9 Å². The lowest BCUT2D eigenvalue weighted by atomic mass is 10.1. The molecule has 5 heteroatoms. The molecule has 1 saturated carbocycles. The van der Waals surface area contributed by atoms with Crippen molar-refractivity contribution in [2.75, 3.05) is 5.32 Å². The van der Waals surface area contributed by atoms with Crippen molar-refractivity contribution < 1.29 is 14.7 Å². The molecule has 0 radical (unpaired) electrons. The highest BCUT2D eigenvalue weighted by atomic mass is 16.4. The Morgan fingerprint density at radius 2 is 1.89 bits per heavy atom. The minimum absolute atomic E-state index is 0.269. The molecule has 19 heavy (non-hydrogen) atoms. The average molecular weight is 262 g/mol. The molecule has 102 valence electrons. The van der Waals surface area contributed by atoms with Crippen LogP contribution in [-0.2, 0) is 9.59 Å². The van der Waals surface area contributed by atoms with Crippen LogP contribution in [0.25, 0.3) is 0 Å². The van der Waals surface area contributed by atoms with Gasteiger partial charge in [-0.2, -0.15) is 0 Å². The maximum atomic E-state index is 12.1. The van der Waals surface area contributed by atoms with Gasteiger partial charge in [0.1, 0.15) is 5.82 Å². The molecule has 1 aromatic rings. The highest BCUT2D eigenvalue weighted by Crippen LogP contribution is 2.58. The fourth-order valence-corrected chi connectivity index (χ4v) is 2.70. The topological polar surface area (TPSA) is 79.3 Å². The van der Waals surface area contributed by atoms with Crippen LogP contribution in [0.3, 0.4) is 0 Å². The van der Waals surface area contributed by atoms with E-state index in [1.165, 1.54) is 0 Å². The third-order valence-corrected chi connectivity index (χ3v) is 3.72. The average Bonchev–Trinajstić information content (AvgIpc) is 2.80. The number of carbonyl (C=O) groups excluding carboxylic acids is 1. The number of nitrogens with one attached hydrogen (secondary N) is 1. The van der Waals surface area contributed by atoms with E-state index < -0.39 is 23.2 Å². The van der Waals surface area contributed by atoms with E-state index in [2.05, 4.69) is 10.3 Å². The molecule has 2 atom stereocenters. The van der Waals surface area contributed by atoms with Gasteiger partial charge in [-0.3, -0.25) is 9.59 Å². The summed E-state index contributed by atoms with van der Waals surface area (Å²) in [4.78, 5) is 27.4. The molecule has 2 N–H and O–H groups in total. The van der Waals surface area contributed by atoms with Crippen molar-refractivity contribution in [3.8, 4) is 0 Å². The Balaban J connectivity index is 2.13. The lowest BCUT2D eigenvalue weighted by Gasteiger charge is -2.07. The second kappa shape index (κ2) is 4.33. The van der Waals surface area contributed by atoms with Crippen LogP contribution in [0.2, 0.25) is 0 Å². The van der Waals surface area contributed by atoms with E-state index in [4.69, 9.17) is 5.11 Å². The summed E-state index contributed by atoms with van der Waals surface area (Å²) in [6.45, 7) is 7.37. The number of aromatic nitrogens is 1. The number of rotatable bonds is 3. The van der Waals surface area contributed by atoms with Gasteiger partial charge in [-0.1, -0.05) is 13.8 Å². The summed E-state index contributed by atoms with van der Waals surface area (Å²) in [6.07, 6.45) is 0. The monoisotopic (exact) mass is 262 g/mol. The number of carbonyl (C=O) groups is 2. The highest BCUT2D eigenvalue weighted by Gasteiger charge is 2.65. The first-order valence-corrected chi connectivity index (χ1v) is 6.22. The Labute approximate surface area is 112 Å². The summed E-state index contributed by atoms with van der Waals surface area (Å²) in [6, 6.07) is 3.69. The SMILES string of the molecule is Cc1cc(C)nc(NC(=O)[C@H]2[C@@H](C(=O)O)C2(C)C)c1. The first-order chi connectivity index (χ1) is 8.73. The number of hydrogen-bond acceptors (Lipinski definition) is 3. The van der Waals surface area contributed by atoms with Crippen LogP contribution >= 0.6 is 0 Å². The van der Waals surface area contributed by atoms with Gasteiger partial charge < -0.3 is 10.4 Å². The molecule has 1 amide bonds. The van der Waals surface area contributed by atoms with Crippen LogP contribution < -0.4 is 5.32 Å². The number of anilines is 1. The van der Waals surface area contributed by atoms with Gasteiger partial charge >= 0.3 is 5.97 Å². The summed E-state index contributed by atoms with van der Waals surface area (Å²) >= 11 is 0. The Bertz CT molecular complexity index is 531. The Hall–Kier alpha value is -1.91. The number of carboxylic acids is 1. The number of amides is 1. The van der Waals surface area contributed by atoms with E-state index >= 15 is 0 Å². The van der Waals surface area contributed by atoms with Gasteiger partial charge in [-0.05, 0) is 37.0 Å². The largest absolute Gasteiger partial charge is 0.481 e. The first kappa shape index (κ1) is 13.5. The number of hydrogen-bond donors (Lipinski definition) is 2. The van der Waals surface area contributed by atoms with Gasteiger partial charge in [0.25, 0.3) is 0 Å². The number of carboxylic acid groups (broad SMARTS) is 1. The van der Waals surface area contributed by atoms with Crippen molar-refractivity contribution in [2.24, 2.45) is 17.3 Å². The molecule has 1 heterocycles. The van der Waals surface area contributed by atoms with Gasteiger partial charge in [-0.15, -0.1) is 0 Å². The van der Waals surface area contributed by atoms with E-state index in [9.17, 15) is 9.59 Å². The number of pyridine rings is 1. The molecule has 1 aliphatic carbocycles. The highest BCUT2D eigenvalue weighted by molar-refractivity contribution is 5.99.